The van der Waals surface area contributed by atoms with E-state index in [1.807, 2.05) is 0 Å². The van der Waals surface area contributed by atoms with Crippen molar-refractivity contribution in [2.24, 2.45) is 0 Å². The molecule has 24 heavy (non-hydrogen) atoms. The molecule has 1 aliphatic carbocycles. The monoisotopic (exact) mass is 316 g/mol. The molecule has 2 aromatic carbocycles. The third-order valence-electron chi connectivity index (χ3n) is 3.70. The third kappa shape index (κ3) is 3.03. The lowest BCUT2D eigenvalue weighted by atomic mass is 9.88. The van der Waals surface area contributed by atoms with Gasteiger partial charge in [-0.1, -0.05) is 60.7 Å². The smallest absolute Gasteiger partial charge is 0.178 e. The van der Waals surface area contributed by atoms with Crippen LogP contribution in [0.1, 0.15) is 21.5 Å². The molecule has 0 fully saturated rings. The summed E-state index contributed by atoms with van der Waals surface area (Å²) in [5, 5.41) is 22.9. The Balaban J connectivity index is 2.28. The molecule has 4 nitrogen and oxygen atoms in total. The summed E-state index contributed by atoms with van der Waals surface area (Å²) in [4.78, 5) is 22.9. The van der Waals surface area contributed by atoms with Crippen molar-refractivity contribution in [1.29, 1.82) is 0 Å². The molecule has 0 unspecified atom stereocenters. The van der Waals surface area contributed by atoms with Crippen LogP contribution in [0.4, 0.5) is 0 Å². The third-order valence-corrected chi connectivity index (χ3v) is 3.70. The molecule has 0 N–H and O–H groups in total. The predicted molar refractivity (Wildman–Crippen MR) is 86.0 cm³/mol. The SMILES string of the molecule is O=C1C=CC(=C(c2ccc([O-])cc2)c2ccccc2C(=O)[O-])C=C1. The van der Waals surface area contributed by atoms with E-state index in [-0.39, 0.29) is 17.1 Å². The highest BCUT2D eigenvalue weighted by molar-refractivity contribution is 6.04. The van der Waals surface area contributed by atoms with Crippen molar-refractivity contribution >= 4 is 17.3 Å². The van der Waals surface area contributed by atoms with Crippen molar-refractivity contribution in [2.75, 3.05) is 0 Å². The average molecular weight is 316 g/mol. The highest BCUT2D eigenvalue weighted by atomic mass is 16.4. The van der Waals surface area contributed by atoms with Crippen LogP contribution in [0.2, 0.25) is 0 Å². The predicted octanol–water partition coefficient (Wildman–Crippen LogP) is 1.62. The summed E-state index contributed by atoms with van der Waals surface area (Å²) in [7, 11) is 0. The molecule has 0 radical (unpaired) electrons. The number of hydrogen-bond acceptors (Lipinski definition) is 4. The molecular formula is C20H12O4-2. The molecule has 2 aromatic rings. The summed E-state index contributed by atoms with van der Waals surface area (Å²) in [6.07, 6.45) is 6.10. The van der Waals surface area contributed by atoms with Gasteiger partial charge >= 0.3 is 0 Å². The first-order valence-electron chi connectivity index (χ1n) is 7.29. The zero-order valence-electron chi connectivity index (χ0n) is 12.6. The number of hydrogen-bond donors (Lipinski definition) is 0. The van der Waals surface area contributed by atoms with Gasteiger partial charge in [-0.2, -0.15) is 0 Å². The van der Waals surface area contributed by atoms with E-state index in [0.717, 1.165) is 0 Å². The van der Waals surface area contributed by atoms with Gasteiger partial charge in [-0.15, -0.1) is 5.75 Å². The van der Waals surface area contributed by atoms with E-state index in [0.29, 0.717) is 22.3 Å². The minimum atomic E-state index is -1.29. The number of aromatic carboxylic acids is 1. The van der Waals surface area contributed by atoms with Crippen LogP contribution in [0.25, 0.3) is 5.57 Å². The van der Waals surface area contributed by atoms with Crippen molar-refractivity contribution in [3.8, 4) is 5.75 Å². The van der Waals surface area contributed by atoms with Crippen molar-refractivity contribution in [1.82, 2.24) is 0 Å². The van der Waals surface area contributed by atoms with Crippen LogP contribution in [0.15, 0.2) is 78.4 Å². The van der Waals surface area contributed by atoms with E-state index in [2.05, 4.69) is 0 Å². The van der Waals surface area contributed by atoms with Crippen LogP contribution >= 0.6 is 0 Å². The van der Waals surface area contributed by atoms with Crippen molar-refractivity contribution in [3.05, 3.63) is 95.1 Å². The molecule has 4 heteroatoms. The Hall–Kier alpha value is -3.40. The zero-order chi connectivity index (χ0) is 17.1. The molecule has 0 spiro atoms. The number of carboxylic acids is 1. The van der Waals surface area contributed by atoms with Crippen LogP contribution in [-0.2, 0) is 4.79 Å². The van der Waals surface area contributed by atoms with Gasteiger partial charge in [0.25, 0.3) is 0 Å². The molecule has 1 aliphatic rings. The molecule has 0 heterocycles. The summed E-state index contributed by atoms with van der Waals surface area (Å²) in [5.41, 5.74) is 2.50. The minimum absolute atomic E-state index is 0.0462. The molecule has 0 aromatic heterocycles. The van der Waals surface area contributed by atoms with Crippen LogP contribution in [0.5, 0.6) is 5.75 Å². The van der Waals surface area contributed by atoms with Gasteiger partial charge in [-0.3, -0.25) is 4.79 Å². The molecule has 0 bridgehead atoms. The second-order valence-electron chi connectivity index (χ2n) is 5.26. The number of rotatable bonds is 3. The van der Waals surface area contributed by atoms with E-state index >= 15 is 0 Å². The Bertz CT molecular complexity index is 881. The fourth-order valence-electron chi connectivity index (χ4n) is 2.60. The van der Waals surface area contributed by atoms with Crippen molar-refractivity contribution in [2.45, 2.75) is 0 Å². The normalized spacial score (nSPS) is 13.2. The second kappa shape index (κ2) is 6.38. The first kappa shape index (κ1) is 15.5. The Morgan fingerprint density at radius 1 is 0.792 bits per heavy atom. The number of ketones is 1. The van der Waals surface area contributed by atoms with E-state index in [1.165, 1.54) is 30.4 Å². The number of benzene rings is 2. The standard InChI is InChI=1S/C20H14O4/c21-15-9-5-13(6-10-15)19(14-7-11-16(22)12-8-14)17-3-1-2-4-18(17)20(23)24/h1-12,21H,(H,23,24)/p-2. The molecular weight excluding hydrogens is 304 g/mol. The van der Waals surface area contributed by atoms with E-state index in [4.69, 9.17) is 0 Å². The fourth-order valence-corrected chi connectivity index (χ4v) is 2.60. The summed E-state index contributed by atoms with van der Waals surface area (Å²) in [6, 6.07) is 12.6. The van der Waals surface area contributed by atoms with Gasteiger partial charge in [-0.05, 0) is 34.4 Å². The molecule has 0 atom stereocenters. The molecule has 0 saturated heterocycles. The largest absolute Gasteiger partial charge is 0.872 e. The van der Waals surface area contributed by atoms with Crippen LogP contribution in [0, 0.1) is 0 Å². The number of carbonyl (C=O) groups excluding carboxylic acids is 2. The first-order valence-corrected chi connectivity index (χ1v) is 7.29. The summed E-state index contributed by atoms with van der Waals surface area (Å²) in [6.45, 7) is 0. The molecule has 0 aliphatic heterocycles. The zero-order valence-corrected chi connectivity index (χ0v) is 12.6. The maximum atomic E-state index is 11.5. The Morgan fingerprint density at radius 3 is 1.96 bits per heavy atom. The maximum absolute atomic E-state index is 11.5. The lowest BCUT2D eigenvalue weighted by molar-refractivity contribution is -0.268. The van der Waals surface area contributed by atoms with E-state index in [1.54, 1.807) is 42.5 Å². The van der Waals surface area contributed by atoms with Gasteiger partial charge in [0.1, 0.15) is 0 Å². The maximum Gasteiger partial charge on any atom is 0.178 e. The average Bonchev–Trinajstić information content (AvgIpc) is 2.59. The van der Waals surface area contributed by atoms with E-state index in [9.17, 15) is 19.8 Å². The lowest BCUT2D eigenvalue weighted by Crippen LogP contribution is -2.23. The van der Waals surface area contributed by atoms with Gasteiger partial charge < -0.3 is 15.0 Å². The molecule has 0 amide bonds. The minimum Gasteiger partial charge on any atom is -0.872 e. The van der Waals surface area contributed by atoms with Crippen LogP contribution in [0.3, 0.4) is 0 Å². The highest BCUT2D eigenvalue weighted by Gasteiger charge is 2.14. The number of carboxylic acid groups (broad SMARTS) is 1. The van der Waals surface area contributed by atoms with Gasteiger partial charge in [0, 0.05) is 5.56 Å². The van der Waals surface area contributed by atoms with Gasteiger partial charge in [0.2, 0.25) is 0 Å². The van der Waals surface area contributed by atoms with Gasteiger partial charge in [0.15, 0.2) is 5.78 Å². The summed E-state index contributed by atoms with van der Waals surface area (Å²) < 4.78 is 0. The molecule has 3 rings (SSSR count). The molecule has 118 valence electrons. The number of carbonyl (C=O) groups is 2. The Labute approximate surface area is 138 Å². The quantitative estimate of drug-likeness (QED) is 0.862. The van der Waals surface area contributed by atoms with Crippen LogP contribution < -0.4 is 10.2 Å². The van der Waals surface area contributed by atoms with Crippen molar-refractivity contribution < 1.29 is 19.8 Å². The van der Waals surface area contributed by atoms with Gasteiger partial charge in [-0.25, -0.2) is 0 Å². The van der Waals surface area contributed by atoms with E-state index < -0.39 is 5.97 Å². The Kier molecular flexibility index (Phi) is 4.12. The summed E-state index contributed by atoms with van der Waals surface area (Å²) in [5.74, 6) is -1.56. The topological polar surface area (TPSA) is 80.3 Å². The Morgan fingerprint density at radius 2 is 1.38 bits per heavy atom. The highest BCUT2D eigenvalue weighted by Crippen LogP contribution is 2.32. The first-order chi connectivity index (χ1) is 11.6. The second-order valence-corrected chi connectivity index (χ2v) is 5.26. The fraction of sp³-hybridized carbons (Fsp3) is 0. The lowest BCUT2D eigenvalue weighted by Gasteiger charge is -2.18. The van der Waals surface area contributed by atoms with Crippen molar-refractivity contribution in [3.63, 3.8) is 0 Å². The number of allylic oxidation sites excluding steroid dienone is 5. The van der Waals surface area contributed by atoms with Crippen LogP contribution in [-0.4, -0.2) is 11.8 Å². The molecule has 0 saturated carbocycles. The van der Waals surface area contributed by atoms with Gasteiger partial charge in [0.05, 0.1) is 5.97 Å². The summed E-state index contributed by atoms with van der Waals surface area (Å²) >= 11 is 0.